The number of amides is 1. The van der Waals surface area contributed by atoms with Gasteiger partial charge in [0.05, 0.1) is 0 Å². The van der Waals surface area contributed by atoms with E-state index in [2.05, 4.69) is 12.3 Å². The van der Waals surface area contributed by atoms with Crippen LogP contribution in [-0.4, -0.2) is 5.91 Å². The van der Waals surface area contributed by atoms with Crippen molar-refractivity contribution in [1.29, 1.82) is 0 Å². The summed E-state index contributed by atoms with van der Waals surface area (Å²) in [5.74, 6) is -0.481. The molecule has 1 aliphatic carbocycles. The molecule has 0 spiro atoms. The molecule has 0 aliphatic heterocycles. The van der Waals surface area contributed by atoms with Gasteiger partial charge in [-0.25, -0.2) is 0 Å². The zero-order valence-electron chi connectivity index (χ0n) is 7.01. The lowest BCUT2D eigenvalue weighted by Gasteiger charge is -2.05. The highest BCUT2D eigenvalue weighted by molar-refractivity contribution is 5.84. The highest BCUT2D eigenvalue weighted by Crippen LogP contribution is 2.15. The Morgan fingerprint density at radius 1 is 1.09 bits per heavy atom. The molecule has 2 N–H and O–H groups in total. The molecule has 1 saturated carbocycles. The third-order valence-corrected chi connectivity index (χ3v) is 1.70. The van der Waals surface area contributed by atoms with E-state index < -0.39 is 5.91 Å². The highest BCUT2D eigenvalue weighted by atomic mass is 16.1. The lowest BCUT2D eigenvalue weighted by Crippen LogP contribution is -2.04. The minimum atomic E-state index is -0.481. The molecule has 0 unspecified atom stereocenters. The number of hydrogen-bond donors (Lipinski definition) is 1. The predicted octanol–water partition coefficient (Wildman–Crippen LogP) is 2.00. The summed E-state index contributed by atoms with van der Waals surface area (Å²) >= 11 is 0. The van der Waals surface area contributed by atoms with Crippen LogP contribution in [0.1, 0.15) is 38.5 Å². The van der Waals surface area contributed by atoms with E-state index in [-0.39, 0.29) is 0 Å². The number of rotatable bonds is 1. The molecular formula is C9H17NO. The average Bonchev–Trinajstić information content (AvgIpc) is 2.09. The monoisotopic (exact) mass is 155 g/mol. The molecule has 0 aromatic heterocycles. The molecule has 0 heterocycles. The minimum absolute atomic E-state index is 0.481. The Morgan fingerprint density at radius 3 is 1.36 bits per heavy atom. The van der Waals surface area contributed by atoms with Gasteiger partial charge in [0.25, 0.3) is 0 Å². The van der Waals surface area contributed by atoms with Gasteiger partial charge in [0.2, 0.25) is 5.91 Å². The Labute approximate surface area is 68.5 Å². The van der Waals surface area contributed by atoms with Crippen molar-refractivity contribution in [3.05, 3.63) is 12.7 Å². The zero-order chi connectivity index (χ0) is 8.53. The van der Waals surface area contributed by atoms with Gasteiger partial charge in [-0.2, -0.15) is 0 Å². The SMILES string of the molecule is C1CCCCC1.C=CC(N)=O. The Bertz CT molecular complexity index is 105. The van der Waals surface area contributed by atoms with Crippen LogP contribution in [0.25, 0.3) is 0 Å². The lowest BCUT2D eigenvalue weighted by atomic mass is 10.0. The molecule has 11 heavy (non-hydrogen) atoms. The molecule has 0 aromatic rings. The quantitative estimate of drug-likeness (QED) is 0.578. The predicted molar refractivity (Wildman–Crippen MR) is 47.1 cm³/mol. The van der Waals surface area contributed by atoms with E-state index in [9.17, 15) is 4.79 Å². The highest BCUT2D eigenvalue weighted by Gasteiger charge is 1.95. The van der Waals surface area contributed by atoms with E-state index in [0.29, 0.717) is 0 Å². The van der Waals surface area contributed by atoms with Crippen molar-refractivity contribution in [1.82, 2.24) is 0 Å². The number of carbonyl (C=O) groups is 1. The summed E-state index contributed by atoms with van der Waals surface area (Å²) < 4.78 is 0. The Balaban J connectivity index is 0.000000187. The minimum Gasteiger partial charge on any atom is -0.366 e. The van der Waals surface area contributed by atoms with Crippen LogP contribution in [0.5, 0.6) is 0 Å². The summed E-state index contributed by atoms with van der Waals surface area (Å²) in [6.45, 7) is 3.09. The van der Waals surface area contributed by atoms with E-state index in [1.165, 1.54) is 38.5 Å². The van der Waals surface area contributed by atoms with E-state index >= 15 is 0 Å². The molecule has 0 atom stereocenters. The molecule has 0 radical (unpaired) electrons. The fraction of sp³-hybridized carbons (Fsp3) is 0.667. The average molecular weight is 155 g/mol. The van der Waals surface area contributed by atoms with E-state index in [1.54, 1.807) is 0 Å². The molecule has 1 amide bonds. The molecule has 2 nitrogen and oxygen atoms in total. The van der Waals surface area contributed by atoms with Crippen molar-refractivity contribution >= 4 is 5.91 Å². The second kappa shape index (κ2) is 7.32. The van der Waals surface area contributed by atoms with Crippen LogP contribution in [0.4, 0.5) is 0 Å². The Hall–Kier alpha value is -0.790. The number of carbonyl (C=O) groups excluding carboxylic acids is 1. The normalized spacial score (nSPS) is 16.0. The van der Waals surface area contributed by atoms with Crippen molar-refractivity contribution in [3.63, 3.8) is 0 Å². The molecule has 2 heteroatoms. The van der Waals surface area contributed by atoms with Gasteiger partial charge in [-0.05, 0) is 6.08 Å². The fourth-order valence-corrected chi connectivity index (χ4v) is 1.06. The van der Waals surface area contributed by atoms with Crippen LogP contribution in [-0.2, 0) is 4.79 Å². The van der Waals surface area contributed by atoms with E-state index in [0.717, 1.165) is 6.08 Å². The first kappa shape index (κ1) is 10.2. The van der Waals surface area contributed by atoms with Crippen LogP contribution in [0.15, 0.2) is 12.7 Å². The van der Waals surface area contributed by atoms with Crippen LogP contribution in [0, 0.1) is 0 Å². The van der Waals surface area contributed by atoms with Crippen molar-refractivity contribution in [2.24, 2.45) is 5.73 Å². The maximum absolute atomic E-state index is 9.47. The van der Waals surface area contributed by atoms with Gasteiger partial charge in [-0.3, -0.25) is 4.79 Å². The molecule has 0 saturated heterocycles. The van der Waals surface area contributed by atoms with Crippen LogP contribution >= 0.6 is 0 Å². The van der Waals surface area contributed by atoms with Gasteiger partial charge in [0, 0.05) is 0 Å². The molecular weight excluding hydrogens is 138 g/mol. The molecule has 0 aromatic carbocycles. The summed E-state index contributed by atoms with van der Waals surface area (Å²) in [6, 6.07) is 0. The lowest BCUT2D eigenvalue weighted by molar-refractivity contribution is -0.113. The van der Waals surface area contributed by atoms with Crippen molar-refractivity contribution in [2.75, 3.05) is 0 Å². The molecule has 1 fully saturated rings. The van der Waals surface area contributed by atoms with Crippen LogP contribution in [0.3, 0.4) is 0 Å². The summed E-state index contributed by atoms with van der Waals surface area (Å²) in [5, 5.41) is 0. The number of hydrogen-bond acceptors (Lipinski definition) is 1. The standard InChI is InChI=1S/C6H12.C3H5NO/c1-2-4-6-5-3-1;1-2-3(4)5/h1-6H2;2H,1H2,(H2,4,5). The van der Waals surface area contributed by atoms with Gasteiger partial charge in [0.1, 0.15) is 0 Å². The van der Waals surface area contributed by atoms with E-state index in [1.807, 2.05) is 0 Å². The Morgan fingerprint density at radius 2 is 1.27 bits per heavy atom. The second-order valence-electron chi connectivity index (χ2n) is 2.73. The largest absolute Gasteiger partial charge is 0.366 e. The molecule has 1 rings (SSSR count). The fourth-order valence-electron chi connectivity index (χ4n) is 1.06. The van der Waals surface area contributed by atoms with Gasteiger partial charge < -0.3 is 5.73 Å². The molecule has 1 aliphatic rings. The smallest absolute Gasteiger partial charge is 0.240 e. The van der Waals surface area contributed by atoms with Gasteiger partial charge >= 0.3 is 0 Å². The topological polar surface area (TPSA) is 43.1 Å². The van der Waals surface area contributed by atoms with Gasteiger partial charge in [-0.15, -0.1) is 0 Å². The number of nitrogens with two attached hydrogens (primary N) is 1. The first-order valence-corrected chi connectivity index (χ1v) is 4.19. The first-order valence-electron chi connectivity index (χ1n) is 4.19. The summed E-state index contributed by atoms with van der Waals surface area (Å²) in [4.78, 5) is 9.47. The van der Waals surface area contributed by atoms with Crippen molar-refractivity contribution in [2.45, 2.75) is 38.5 Å². The summed E-state index contributed by atoms with van der Waals surface area (Å²) in [7, 11) is 0. The third kappa shape index (κ3) is 9.21. The maximum atomic E-state index is 9.47. The number of primary amides is 1. The molecule has 64 valence electrons. The van der Waals surface area contributed by atoms with Crippen LogP contribution in [0.2, 0.25) is 0 Å². The van der Waals surface area contributed by atoms with E-state index in [4.69, 9.17) is 0 Å². The summed E-state index contributed by atoms with van der Waals surface area (Å²) in [5.41, 5.74) is 4.53. The zero-order valence-corrected chi connectivity index (χ0v) is 7.01. The van der Waals surface area contributed by atoms with Gasteiger partial charge in [0.15, 0.2) is 0 Å². The summed E-state index contributed by atoms with van der Waals surface area (Å²) in [6.07, 6.45) is 10.1. The van der Waals surface area contributed by atoms with Crippen molar-refractivity contribution < 1.29 is 4.79 Å². The van der Waals surface area contributed by atoms with Crippen molar-refractivity contribution in [3.8, 4) is 0 Å². The van der Waals surface area contributed by atoms with Gasteiger partial charge in [-0.1, -0.05) is 45.1 Å². The third-order valence-electron chi connectivity index (χ3n) is 1.70. The molecule has 0 bridgehead atoms. The maximum Gasteiger partial charge on any atom is 0.240 e. The van der Waals surface area contributed by atoms with Crippen LogP contribution < -0.4 is 5.73 Å². The first-order chi connectivity index (χ1) is 5.27. The Kier molecular flexibility index (Phi) is 6.79. The second-order valence-corrected chi connectivity index (χ2v) is 2.73.